The second-order valence-electron chi connectivity index (χ2n) is 1.74. The Morgan fingerprint density at radius 1 is 1.36 bits per heavy atom. The van der Waals surface area contributed by atoms with Crippen molar-refractivity contribution in [1.29, 1.82) is 0 Å². The lowest BCUT2D eigenvalue weighted by molar-refractivity contribution is 0.778. The van der Waals surface area contributed by atoms with Gasteiger partial charge in [0.25, 0.3) is 0 Å². The second-order valence-corrected chi connectivity index (χ2v) is 1.74. The standard InChI is InChI=1S/C6H13N.C2H6.C2H2/c1-4-7-5-6(2)3;2*1-2/h7H,2,4-5H2,1,3H3;1-2H3;1-2H. The monoisotopic (exact) mass is 155 g/mol. The topological polar surface area (TPSA) is 12.0 Å². The molecule has 0 bridgehead atoms. The van der Waals surface area contributed by atoms with Crippen molar-refractivity contribution < 1.29 is 0 Å². The van der Waals surface area contributed by atoms with E-state index in [0.717, 1.165) is 13.1 Å². The Bertz CT molecular complexity index is 82.1. The van der Waals surface area contributed by atoms with E-state index >= 15 is 0 Å². The zero-order chi connectivity index (χ0) is 9.70. The lowest BCUT2D eigenvalue weighted by Gasteiger charge is -1.96. The molecule has 0 aliphatic carbocycles. The minimum Gasteiger partial charge on any atom is -0.313 e. The predicted octanol–water partition coefficient (Wildman–Crippen LogP) is 2.45. The van der Waals surface area contributed by atoms with Gasteiger partial charge >= 0.3 is 0 Å². The summed E-state index contributed by atoms with van der Waals surface area (Å²) in [5.41, 5.74) is 1.20. The van der Waals surface area contributed by atoms with Crippen LogP contribution >= 0.6 is 0 Å². The number of likely N-dealkylation sites (N-methyl/N-ethyl adjacent to an activating group) is 1. The summed E-state index contributed by atoms with van der Waals surface area (Å²) in [5, 5.41) is 3.15. The van der Waals surface area contributed by atoms with Crippen molar-refractivity contribution in [3.63, 3.8) is 0 Å². The van der Waals surface area contributed by atoms with Gasteiger partial charge < -0.3 is 5.32 Å². The SMILES string of the molecule is C#C.C=C(C)CNCC.CC. The Morgan fingerprint density at radius 3 is 1.82 bits per heavy atom. The average molecular weight is 155 g/mol. The quantitative estimate of drug-likeness (QED) is 0.487. The van der Waals surface area contributed by atoms with Crippen LogP contribution in [0.3, 0.4) is 0 Å². The van der Waals surface area contributed by atoms with Gasteiger partial charge in [0.15, 0.2) is 0 Å². The van der Waals surface area contributed by atoms with Gasteiger partial charge in [0.2, 0.25) is 0 Å². The molecular formula is C10H21N. The third-order valence-corrected chi connectivity index (χ3v) is 0.677. The normalized spacial score (nSPS) is 6.36. The fourth-order valence-corrected chi connectivity index (χ4v) is 0.338. The number of terminal acetylenes is 1. The molecule has 0 rings (SSSR count). The molecule has 66 valence electrons. The van der Waals surface area contributed by atoms with Gasteiger partial charge in [-0.3, -0.25) is 0 Å². The summed E-state index contributed by atoms with van der Waals surface area (Å²) < 4.78 is 0. The largest absolute Gasteiger partial charge is 0.313 e. The van der Waals surface area contributed by atoms with Crippen LogP contribution in [0.5, 0.6) is 0 Å². The smallest absolute Gasteiger partial charge is 0.0159 e. The zero-order valence-electron chi connectivity index (χ0n) is 8.28. The van der Waals surface area contributed by atoms with Gasteiger partial charge in [-0.1, -0.05) is 32.9 Å². The van der Waals surface area contributed by atoms with Crippen molar-refractivity contribution in [2.45, 2.75) is 27.7 Å². The maximum Gasteiger partial charge on any atom is 0.0159 e. The summed E-state index contributed by atoms with van der Waals surface area (Å²) in [4.78, 5) is 0. The van der Waals surface area contributed by atoms with E-state index in [4.69, 9.17) is 0 Å². The third-order valence-electron chi connectivity index (χ3n) is 0.677. The second kappa shape index (κ2) is 22.8. The molecule has 0 heterocycles. The van der Waals surface area contributed by atoms with Crippen molar-refractivity contribution in [2.75, 3.05) is 13.1 Å². The molecule has 0 saturated carbocycles. The minimum absolute atomic E-state index is 0.955. The molecule has 0 aromatic rings. The highest BCUT2D eigenvalue weighted by Gasteiger charge is 1.78. The number of nitrogens with one attached hydrogen (secondary N) is 1. The highest BCUT2D eigenvalue weighted by atomic mass is 14.8. The predicted molar refractivity (Wildman–Crippen MR) is 54.6 cm³/mol. The van der Waals surface area contributed by atoms with Gasteiger partial charge in [-0.2, -0.15) is 0 Å². The molecule has 0 atom stereocenters. The molecule has 0 aromatic heterocycles. The molecule has 0 spiro atoms. The van der Waals surface area contributed by atoms with Crippen LogP contribution in [0.15, 0.2) is 12.2 Å². The molecule has 0 aliphatic rings. The first-order chi connectivity index (χ1) is 5.27. The van der Waals surface area contributed by atoms with E-state index in [1.54, 1.807) is 0 Å². The molecule has 0 aliphatic heterocycles. The van der Waals surface area contributed by atoms with Crippen molar-refractivity contribution in [3.05, 3.63) is 12.2 Å². The van der Waals surface area contributed by atoms with E-state index in [9.17, 15) is 0 Å². The van der Waals surface area contributed by atoms with Crippen LogP contribution in [0.2, 0.25) is 0 Å². The van der Waals surface area contributed by atoms with Gasteiger partial charge in [0.1, 0.15) is 0 Å². The highest BCUT2D eigenvalue weighted by molar-refractivity contribution is 4.89. The molecule has 0 radical (unpaired) electrons. The summed E-state index contributed by atoms with van der Waals surface area (Å²) in [6, 6.07) is 0. The summed E-state index contributed by atoms with van der Waals surface area (Å²) in [6.45, 7) is 13.8. The third kappa shape index (κ3) is 45.9. The molecule has 0 saturated heterocycles. The molecule has 1 heteroatoms. The molecule has 11 heavy (non-hydrogen) atoms. The Balaban J connectivity index is -0.000000138. The Morgan fingerprint density at radius 2 is 1.73 bits per heavy atom. The lowest BCUT2D eigenvalue weighted by Crippen LogP contribution is -2.14. The zero-order valence-corrected chi connectivity index (χ0v) is 8.28. The van der Waals surface area contributed by atoms with Crippen LogP contribution in [0, 0.1) is 12.8 Å². The number of hydrogen-bond donors (Lipinski definition) is 1. The Kier molecular flexibility index (Phi) is 34.6. The van der Waals surface area contributed by atoms with E-state index in [2.05, 4.69) is 31.7 Å². The van der Waals surface area contributed by atoms with Crippen molar-refractivity contribution in [2.24, 2.45) is 0 Å². The molecule has 1 N–H and O–H groups in total. The van der Waals surface area contributed by atoms with Crippen LogP contribution < -0.4 is 5.32 Å². The first-order valence-corrected chi connectivity index (χ1v) is 3.95. The molecule has 0 fully saturated rings. The Labute approximate surface area is 71.9 Å². The van der Waals surface area contributed by atoms with E-state index in [0.29, 0.717) is 0 Å². The van der Waals surface area contributed by atoms with E-state index in [-0.39, 0.29) is 0 Å². The molecular weight excluding hydrogens is 134 g/mol. The fraction of sp³-hybridized carbons (Fsp3) is 0.600. The average Bonchev–Trinajstić information content (AvgIpc) is 2.08. The van der Waals surface area contributed by atoms with Crippen molar-refractivity contribution in [1.82, 2.24) is 5.32 Å². The molecule has 0 amide bonds. The summed E-state index contributed by atoms with van der Waals surface area (Å²) in [7, 11) is 0. The van der Waals surface area contributed by atoms with Crippen LogP contribution in [-0.2, 0) is 0 Å². The van der Waals surface area contributed by atoms with Crippen molar-refractivity contribution in [3.8, 4) is 12.8 Å². The maximum atomic E-state index is 4.00. The van der Waals surface area contributed by atoms with E-state index in [1.807, 2.05) is 20.8 Å². The van der Waals surface area contributed by atoms with Gasteiger partial charge in [0, 0.05) is 6.54 Å². The van der Waals surface area contributed by atoms with Crippen LogP contribution in [0.25, 0.3) is 0 Å². The van der Waals surface area contributed by atoms with E-state index < -0.39 is 0 Å². The lowest BCUT2D eigenvalue weighted by atomic mass is 10.3. The number of rotatable bonds is 3. The van der Waals surface area contributed by atoms with E-state index in [1.165, 1.54) is 5.57 Å². The molecule has 0 unspecified atom stereocenters. The molecule has 0 aromatic carbocycles. The van der Waals surface area contributed by atoms with Crippen LogP contribution in [0.4, 0.5) is 0 Å². The van der Waals surface area contributed by atoms with Crippen LogP contribution in [-0.4, -0.2) is 13.1 Å². The fourth-order valence-electron chi connectivity index (χ4n) is 0.338. The van der Waals surface area contributed by atoms with Gasteiger partial charge in [-0.25, -0.2) is 0 Å². The van der Waals surface area contributed by atoms with Crippen LogP contribution in [0.1, 0.15) is 27.7 Å². The molecule has 1 nitrogen and oxygen atoms in total. The highest BCUT2D eigenvalue weighted by Crippen LogP contribution is 1.78. The van der Waals surface area contributed by atoms with Gasteiger partial charge in [-0.05, 0) is 13.5 Å². The summed E-state index contributed by atoms with van der Waals surface area (Å²) >= 11 is 0. The first kappa shape index (κ1) is 16.7. The summed E-state index contributed by atoms with van der Waals surface area (Å²) in [5.74, 6) is 0. The maximum absolute atomic E-state index is 4.00. The van der Waals surface area contributed by atoms with Crippen molar-refractivity contribution >= 4 is 0 Å². The van der Waals surface area contributed by atoms with Gasteiger partial charge in [0.05, 0.1) is 0 Å². The first-order valence-electron chi connectivity index (χ1n) is 3.95. The Hall–Kier alpha value is -0.740. The number of hydrogen-bond acceptors (Lipinski definition) is 1. The van der Waals surface area contributed by atoms with Gasteiger partial charge in [-0.15, -0.1) is 12.8 Å². The summed E-state index contributed by atoms with van der Waals surface area (Å²) in [6.07, 6.45) is 8.00. The minimum atomic E-state index is 0.955.